The molecule has 0 aliphatic carbocycles. The molecular weight excluding hydrogens is 252 g/mol. The molecule has 112 valence electrons. The zero-order valence-electron chi connectivity index (χ0n) is 13.0. The molecule has 1 aliphatic heterocycles. The van der Waals surface area contributed by atoms with E-state index < -0.39 is 0 Å². The van der Waals surface area contributed by atoms with Crippen molar-refractivity contribution in [3.63, 3.8) is 0 Å². The molecule has 1 aliphatic rings. The molecule has 2 rings (SSSR count). The summed E-state index contributed by atoms with van der Waals surface area (Å²) in [4.78, 5) is 2.42. The third-order valence-electron chi connectivity index (χ3n) is 4.19. The first-order valence-electron chi connectivity index (χ1n) is 7.32. The summed E-state index contributed by atoms with van der Waals surface area (Å²) in [7, 11) is 5.43. The lowest BCUT2D eigenvalue weighted by molar-refractivity contribution is 0.394. The van der Waals surface area contributed by atoms with Crippen LogP contribution in [0.25, 0.3) is 0 Å². The van der Waals surface area contributed by atoms with E-state index in [-0.39, 0.29) is 0 Å². The van der Waals surface area contributed by atoms with Crippen LogP contribution in [0.3, 0.4) is 0 Å². The van der Waals surface area contributed by atoms with Gasteiger partial charge in [-0.1, -0.05) is 0 Å². The van der Waals surface area contributed by atoms with Crippen molar-refractivity contribution in [3.8, 4) is 11.5 Å². The van der Waals surface area contributed by atoms with Crippen LogP contribution in [0.15, 0.2) is 18.2 Å². The van der Waals surface area contributed by atoms with Gasteiger partial charge in [0, 0.05) is 25.2 Å². The minimum absolute atomic E-state index is 0.581. The zero-order valence-corrected chi connectivity index (χ0v) is 13.0. The van der Waals surface area contributed by atoms with Crippen LogP contribution in [0, 0.1) is 5.92 Å². The summed E-state index contributed by atoms with van der Waals surface area (Å²) < 4.78 is 10.8. The Morgan fingerprint density at radius 2 is 2.15 bits per heavy atom. The maximum absolute atomic E-state index is 5.50. The van der Waals surface area contributed by atoms with Gasteiger partial charge in [0.2, 0.25) is 0 Å². The summed E-state index contributed by atoms with van der Waals surface area (Å²) >= 11 is 0. The highest BCUT2D eigenvalue weighted by Crippen LogP contribution is 2.35. The number of anilines is 1. The van der Waals surface area contributed by atoms with Crippen molar-refractivity contribution in [1.29, 1.82) is 0 Å². The molecule has 4 heteroatoms. The molecule has 1 saturated heterocycles. The van der Waals surface area contributed by atoms with Crippen LogP contribution in [-0.2, 0) is 0 Å². The second-order valence-electron chi connectivity index (χ2n) is 5.56. The van der Waals surface area contributed by atoms with Gasteiger partial charge in [-0.3, -0.25) is 0 Å². The number of hydrogen-bond acceptors (Lipinski definition) is 4. The summed E-state index contributed by atoms with van der Waals surface area (Å²) in [6, 6.07) is 6.64. The van der Waals surface area contributed by atoms with E-state index in [1.54, 1.807) is 14.2 Å². The van der Waals surface area contributed by atoms with Gasteiger partial charge in [-0.2, -0.15) is 0 Å². The molecule has 1 fully saturated rings. The normalized spacial score (nSPS) is 20.0. The molecule has 2 unspecified atom stereocenters. The van der Waals surface area contributed by atoms with Crippen molar-refractivity contribution in [3.05, 3.63) is 18.2 Å². The molecule has 0 aromatic heterocycles. The summed E-state index contributed by atoms with van der Waals surface area (Å²) in [5.41, 5.74) is 1.17. The average molecular weight is 278 g/mol. The van der Waals surface area contributed by atoms with Gasteiger partial charge in [0.05, 0.1) is 19.9 Å². The molecule has 0 bridgehead atoms. The highest BCUT2D eigenvalue weighted by atomic mass is 16.5. The lowest BCUT2D eigenvalue weighted by Gasteiger charge is -2.22. The predicted octanol–water partition coefficient (Wildman–Crippen LogP) is 2.53. The quantitative estimate of drug-likeness (QED) is 0.867. The van der Waals surface area contributed by atoms with Crippen molar-refractivity contribution >= 4 is 5.69 Å². The van der Waals surface area contributed by atoms with Crippen LogP contribution < -0.4 is 19.7 Å². The second-order valence-corrected chi connectivity index (χ2v) is 5.56. The van der Waals surface area contributed by atoms with E-state index in [2.05, 4.69) is 23.2 Å². The van der Waals surface area contributed by atoms with Crippen molar-refractivity contribution in [2.24, 2.45) is 5.92 Å². The van der Waals surface area contributed by atoms with Crippen molar-refractivity contribution in [1.82, 2.24) is 5.32 Å². The summed E-state index contributed by atoms with van der Waals surface area (Å²) in [5, 5.41) is 3.32. The Balaban J connectivity index is 2.06. The van der Waals surface area contributed by atoms with Crippen LogP contribution in [-0.4, -0.2) is 40.4 Å². The summed E-state index contributed by atoms with van der Waals surface area (Å²) in [6.45, 7) is 4.45. The molecule has 1 aromatic rings. The van der Waals surface area contributed by atoms with E-state index >= 15 is 0 Å². The van der Waals surface area contributed by atoms with E-state index in [4.69, 9.17) is 9.47 Å². The molecule has 4 nitrogen and oxygen atoms in total. The third-order valence-corrected chi connectivity index (χ3v) is 4.19. The maximum atomic E-state index is 5.50. The van der Waals surface area contributed by atoms with Crippen molar-refractivity contribution in [2.45, 2.75) is 25.8 Å². The van der Waals surface area contributed by atoms with E-state index in [0.717, 1.165) is 30.5 Å². The molecule has 0 saturated carbocycles. The van der Waals surface area contributed by atoms with Gasteiger partial charge in [-0.15, -0.1) is 0 Å². The van der Waals surface area contributed by atoms with E-state index in [1.165, 1.54) is 18.5 Å². The SMILES string of the molecule is CNC(C)CC1CCN(c2ccc(OC)cc2OC)C1. The highest BCUT2D eigenvalue weighted by molar-refractivity contribution is 5.61. The molecule has 20 heavy (non-hydrogen) atoms. The van der Waals surface area contributed by atoms with E-state index in [1.807, 2.05) is 19.2 Å². The van der Waals surface area contributed by atoms with Crippen LogP contribution in [0.4, 0.5) is 5.69 Å². The van der Waals surface area contributed by atoms with Crippen molar-refractivity contribution in [2.75, 3.05) is 39.3 Å². The van der Waals surface area contributed by atoms with Gasteiger partial charge in [0.1, 0.15) is 11.5 Å². The average Bonchev–Trinajstić information content (AvgIpc) is 2.94. The topological polar surface area (TPSA) is 33.7 Å². The lowest BCUT2D eigenvalue weighted by atomic mass is 10.0. The zero-order chi connectivity index (χ0) is 14.5. The predicted molar refractivity (Wildman–Crippen MR) is 83.0 cm³/mol. The smallest absolute Gasteiger partial charge is 0.145 e. The molecule has 1 heterocycles. The summed E-state index contributed by atoms with van der Waals surface area (Å²) in [6.07, 6.45) is 2.48. The minimum atomic E-state index is 0.581. The van der Waals surface area contributed by atoms with Gasteiger partial charge in [-0.25, -0.2) is 0 Å². The van der Waals surface area contributed by atoms with Gasteiger partial charge in [0.25, 0.3) is 0 Å². The molecule has 2 atom stereocenters. The Kier molecular flexibility index (Phi) is 5.12. The fourth-order valence-corrected chi connectivity index (χ4v) is 2.91. The monoisotopic (exact) mass is 278 g/mol. The fraction of sp³-hybridized carbons (Fsp3) is 0.625. The third kappa shape index (κ3) is 3.37. The first-order valence-corrected chi connectivity index (χ1v) is 7.32. The molecule has 0 amide bonds. The Labute approximate surface area is 122 Å². The Hall–Kier alpha value is -1.42. The lowest BCUT2D eigenvalue weighted by Crippen LogP contribution is -2.26. The number of ether oxygens (including phenoxy) is 2. The standard InChI is InChI=1S/C16H26N2O2/c1-12(17-2)9-13-7-8-18(11-13)15-6-5-14(19-3)10-16(15)20-4/h5-6,10,12-13,17H,7-9,11H2,1-4H3. The number of methoxy groups -OCH3 is 2. The minimum Gasteiger partial charge on any atom is -0.497 e. The molecular formula is C16H26N2O2. The maximum Gasteiger partial charge on any atom is 0.145 e. The van der Waals surface area contributed by atoms with Crippen molar-refractivity contribution < 1.29 is 9.47 Å². The van der Waals surface area contributed by atoms with Gasteiger partial charge in [-0.05, 0) is 44.9 Å². The highest BCUT2D eigenvalue weighted by Gasteiger charge is 2.25. The molecule has 0 spiro atoms. The number of nitrogens with one attached hydrogen (secondary N) is 1. The van der Waals surface area contributed by atoms with Crippen LogP contribution in [0.1, 0.15) is 19.8 Å². The van der Waals surface area contributed by atoms with Gasteiger partial charge >= 0.3 is 0 Å². The number of benzene rings is 1. The Morgan fingerprint density at radius 3 is 2.80 bits per heavy atom. The fourth-order valence-electron chi connectivity index (χ4n) is 2.91. The first kappa shape index (κ1) is 15.0. The van der Waals surface area contributed by atoms with E-state index in [0.29, 0.717) is 6.04 Å². The second kappa shape index (κ2) is 6.84. The Bertz CT molecular complexity index is 436. The van der Waals surface area contributed by atoms with E-state index in [9.17, 15) is 0 Å². The first-order chi connectivity index (χ1) is 9.67. The van der Waals surface area contributed by atoms with Gasteiger partial charge < -0.3 is 19.7 Å². The summed E-state index contributed by atoms with van der Waals surface area (Å²) in [5.74, 6) is 2.49. The number of rotatable bonds is 6. The van der Waals surface area contributed by atoms with Crippen LogP contribution in [0.2, 0.25) is 0 Å². The number of hydrogen-bond donors (Lipinski definition) is 1. The largest absolute Gasteiger partial charge is 0.497 e. The van der Waals surface area contributed by atoms with Crippen LogP contribution >= 0.6 is 0 Å². The Morgan fingerprint density at radius 1 is 1.35 bits per heavy atom. The van der Waals surface area contributed by atoms with Gasteiger partial charge in [0.15, 0.2) is 0 Å². The molecule has 1 aromatic carbocycles. The molecule has 0 radical (unpaired) electrons. The number of nitrogens with zero attached hydrogens (tertiary/aromatic N) is 1. The van der Waals surface area contributed by atoms with Crippen LogP contribution in [0.5, 0.6) is 11.5 Å². The molecule has 1 N–H and O–H groups in total.